The molecule has 0 bridgehead atoms. The minimum atomic E-state index is -0.649. The van der Waals surface area contributed by atoms with Crippen molar-refractivity contribution in [3.63, 3.8) is 0 Å². The summed E-state index contributed by atoms with van der Waals surface area (Å²) < 4.78 is 0. The van der Waals surface area contributed by atoms with Gasteiger partial charge in [-0.3, -0.25) is 9.59 Å². The van der Waals surface area contributed by atoms with E-state index in [0.717, 1.165) is 24.1 Å². The third-order valence-corrected chi connectivity index (χ3v) is 5.62. The van der Waals surface area contributed by atoms with Crippen LogP contribution in [0.1, 0.15) is 26.2 Å². The first-order chi connectivity index (χ1) is 13.7. The van der Waals surface area contributed by atoms with Gasteiger partial charge in [0, 0.05) is 10.9 Å². The van der Waals surface area contributed by atoms with Crippen LogP contribution in [-0.2, 0) is 9.59 Å². The number of hydrogen-bond donors (Lipinski definition) is 0. The zero-order valence-corrected chi connectivity index (χ0v) is 16.4. The SMILES string of the molecule is CCCCC1C(=O)N(c2ccccc2)N(c2nc(-c3ccccc3)cs2)C1=O. The standard InChI is InChI=1S/C22H21N3O2S/c1-2-3-14-18-20(26)24(17-12-8-5-9-13-17)25(21(18)27)22-23-19(15-28-22)16-10-6-4-7-11-16/h4-13,15,18H,2-3,14H2,1H3. The predicted molar refractivity (Wildman–Crippen MR) is 112 cm³/mol. The summed E-state index contributed by atoms with van der Waals surface area (Å²) in [6.07, 6.45) is 2.34. The van der Waals surface area contributed by atoms with Crippen molar-refractivity contribution in [3.05, 3.63) is 66.0 Å². The fourth-order valence-electron chi connectivity index (χ4n) is 3.35. The number of hydrogen-bond acceptors (Lipinski definition) is 4. The average molecular weight is 391 g/mol. The Labute approximate surface area is 168 Å². The molecule has 5 nitrogen and oxygen atoms in total. The summed E-state index contributed by atoms with van der Waals surface area (Å²) in [6.45, 7) is 2.06. The monoisotopic (exact) mass is 391 g/mol. The molecule has 2 amide bonds. The number of rotatable bonds is 6. The second-order valence-corrected chi connectivity index (χ2v) is 7.55. The number of para-hydroxylation sites is 1. The first-order valence-corrected chi connectivity index (χ1v) is 10.3. The zero-order chi connectivity index (χ0) is 19.5. The van der Waals surface area contributed by atoms with Crippen LogP contribution in [0.4, 0.5) is 10.8 Å². The number of amides is 2. The molecule has 1 unspecified atom stereocenters. The van der Waals surface area contributed by atoms with E-state index in [-0.39, 0.29) is 11.8 Å². The summed E-state index contributed by atoms with van der Waals surface area (Å²) in [7, 11) is 0. The van der Waals surface area contributed by atoms with Gasteiger partial charge in [0.2, 0.25) is 5.13 Å². The lowest BCUT2D eigenvalue weighted by Crippen LogP contribution is -2.41. The number of hydrazine groups is 1. The van der Waals surface area contributed by atoms with Crippen molar-refractivity contribution in [1.82, 2.24) is 4.98 Å². The Morgan fingerprint density at radius 1 is 0.929 bits per heavy atom. The van der Waals surface area contributed by atoms with Gasteiger partial charge in [0.25, 0.3) is 11.8 Å². The molecule has 1 aliphatic rings. The molecule has 3 aromatic rings. The van der Waals surface area contributed by atoms with E-state index in [0.29, 0.717) is 17.2 Å². The molecular weight excluding hydrogens is 370 g/mol. The molecular formula is C22H21N3O2S. The van der Waals surface area contributed by atoms with Gasteiger partial charge in [-0.1, -0.05) is 68.3 Å². The van der Waals surface area contributed by atoms with E-state index in [2.05, 4.69) is 11.9 Å². The van der Waals surface area contributed by atoms with E-state index in [1.165, 1.54) is 21.4 Å². The highest BCUT2D eigenvalue weighted by Gasteiger charge is 2.47. The number of carbonyl (C=O) groups is 2. The fourth-order valence-corrected chi connectivity index (χ4v) is 4.18. The lowest BCUT2D eigenvalue weighted by atomic mass is 10.0. The summed E-state index contributed by atoms with van der Waals surface area (Å²) in [5.74, 6) is -1.03. The Balaban J connectivity index is 1.73. The summed E-state index contributed by atoms with van der Waals surface area (Å²) >= 11 is 1.37. The Morgan fingerprint density at radius 2 is 1.57 bits per heavy atom. The molecule has 4 rings (SSSR count). The quantitative estimate of drug-likeness (QED) is 0.561. The van der Waals surface area contributed by atoms with Crippen LogP contribution in [0.25, 0.3) is 11.3 Å². The van der Waals surface area contributed by atoms with Crippen LogP contribution in [0.2, 0.25) is 0 Å². The second-order valence-electron chi connectivity index (χ2n) is 6.71. The van der Waals surface area contributed by atoms with Gasteiger partial charge in [0.1, 0.15) is 5.92 Å². The molecule has 0 N–H and O–H groups in total. The summed E-state index contributed by atoms with van der Waals surface area (Å²) in [4.78, 5) is 31.0. The lowest BCUT2D eigenvalue weighted by Gasteiger charge is -2.25. The molecule has 142 valence electrons. The minimum absolute atomic E-state index is 0.180. The minimum Gasteiger partial charge on any atom is -0.272 e. The molecule has 0 radical (unpaired) electrons. The van der Waals surface area contributed by atoms with Crippen LogP contribution in [0.15, 0.2) is 66.0 Å². The predicted octanol–water partition coefficient (Wildman–Crippen LogP) is 4.91. The Hall–Kier alpha value is -2.99. The van der Waals surface area contributed by atoms with E-state index in [1.807, 2.05) is 66.0 Å². The van der Waals surface area contributed by atoms with Crippen molar-refractivity contribution < 1.29 is 9.59 Å². The van der Waals surface area contributed by atoms with Crippen LogP contribution in [0.3, 0.4) is 0 Å². The lowest BCUT2D eigenvalue weighted by molar-refractivity contribution is -0.127. The van der Waals surface area contributed by atoms with Crippen LogP contribution in [0.5, 0.6) is 0 Å². The van der Waals surface area contributed by atoms with Crippen LogP contribution >= 0.6 is 11.3 Å². The summed E-state index contributed by atoms with van der Waals surface area (Å²) in [6, 6.07) is 19.1. The molecule has 1 aromatic heterocycles. The summed E-state index contributed by atoms with van der Waals surface area (Å²) in [5.41, 5.74) is 2.46. The van der Waals surface area contributed by atoms with E-state index < -0.39 is 5.92 Å². The third kappa shape index (κ3) is 3.31. The van der Waals surface area contributed by atoms with Crippen molar-refractivity contribution in [1.29, 1.82) is 0 Å². The number of aromatic nitrogens is 1. The molecule has 1 fully saturated rings. The normalized spacial score (nSPS) is 16.8. The van der Waals surface area contributed by atoms with Crippen molar-refractivity contribution in [3.8, 4) is 11.3 Å². The van der Waals surface area contributed by atoms with Crippen LogP contribution in [0, 0.1) is 5.92 Å². The number of benzene rings is 2. The molecule has 2 aromatic carbocycles. The van der Waals surface area contributed by atoms with E-state index in [4.69, 9.17) is 0 Å². The average Bonchev–Trinajstić information content (AvgIpc) is 3.31. The highest BCUT2D eigenvalue weighted by Crippen LogP contribution is 2.36. The molecule has 2 heterocycles. The molecule has 0 aliphatic carbocycles. The first-order valence-electron chi connectivity index (χ1n) is 9.44. The maximum Gasteiger partial charge on any atom is 0.260 e. The van der Waals surface area contributed by atoms with E-state index >= 15 is 0 Å². The topological polar surface area (TPSA) is 53.5 Å². The largest absolute Gasteiger partial charge is 0.272 e. The molecule has 0 spiro atoms. The maximum absolute atomic E-state index is 13.2. The van der Waals surface area contributed by atoms with Gasteiger partial charge in [-0.25, -0.2) is 9.99 Å². The number of nitrogens with zero attached hydrogens (tertiary/aromatic N) is 3. The van der Waals surface area contributed by atoms with Crippen LogP contribution in [-0.4, -0.2) is 16.8 Å². The first kappa shape index (κ1) is 18.4. The number of thiazole rings is 1. The molecule has 6 heteroatoms. The zero-order valence-electron chi connectivity index (χ0n) is 15.6. The Morgan fingerprint density at radius 3 is 2.25 bits per heavy atom. The summed E-state index contributed by atoms with van der Waals surface area (Å²) in [5, 5.41) is 5.37. The number of anilines is 2. The molecule has 1 aliphatic heterocycles. The highest BCUT2D eigenvalue weighted by molar-refractivity contribution is 7.14. The van der Waals surface area contributed by atoms with Crippen molar-refractivity contribution in [2.75, 3.05) is 10.0 Å². The van der Waals surface area contributed by atoms with Crippen molar-refractivity contribution in [2.45, 2.75) is 26.2 Å². The third-order valence-electron chi connectivity index (χ3n) is 4.80. The second kappa shape index (κ2) is 7.94. The van der Waals surface area contributed by atoms with Gasteiger partial charge in [0.05, 0.1) is 11.4 Å². The van der Waals surface area contributed by atoms with E-state index in [1.54, 1.807) is 0 Å². The fraction of sp³-hybridized carbons (Fsp3) is 0.227. The van der Waals surface area contributed by atoms with E-state index in [9.17, 15) is 9.59 Å². The van der Waals surface area contributed by atoms with Gasteiger partial charge < -0.3 is 0 Å². The molecule has 28 heavy (non-hydrogen) atoms. The molecule has 1 atom stereocenters. The number of unbranched alkanes of at least 4 members (excludes halogenated alkanes) is 1. The van der Waals surface area contributed by atoms with Crippen molar-refractivity contribution in [2.24, 2.45) is 5.92 Å². The van der Waals surface area contributed by atoms with Gasteiger partial charge >= 0.3 is 0 Å². The molecule has 1 saturated heterocycles. The van der Waals surface area contributed by atoms with Gasteiger partial charge in [-0.05, 0) is 18.6 Å². The Bertz CT molecular complexity index is 972. The highest BCUT2D eigenvalue weighted by atomic mass is 32.1. The smallest absolute Gasteiger partial charge is 0.260 e. The Kier molecular flexibility index (Phi) is 5.21. The number of carbonyl (C=O) groups excluding carboxylic acids is 2. The van der Waals surface area contributed by atoms with Gasteiger partial charge in [-0.15, -0.1) is 11.3 Å². The van der Waals surface area contributed by atoms with Crippen LogP contribution < -0.4 is 10.0 Å². The van der Waals surface area contributed by atoms with Gasteiger partial charge in [-0.2, -0.15) is 5.01 Å². The molecule has 0 saturated carbocycles. The van der Waals surface area contributed by atoms with Gasteiger partial charge in [0.15, 0.2) is 0 Å². The maximum atomic E-state index is 13.2. The van der Waals surface area contributed by atoms with Crippen molar-refractivity contribution >= 4 is 34.0 Å².